The monoisotopic (exact) mass is 360 g/mol. The van der Waals surface area contributed by atoms with Crippen molar-refractivity contribution in [3.63, 3.8) is 0 Å². The van der Waals surface area contributed by atoms with Crippen LogP contribution in [0.25, 0.3) is 0 Å². The Morgan fingerprint density at radius 3 is 2.35 bits per heavy atom. The average Bonchev–Trinajstić information content (AvgIpc) is 3.47. The summed E-state index contributed by atoms with van der Waals surface area (Å²) in [6.07, 6.45) is 3.98. The lowest BCUT2D eigenvalue weighted by Crippen LogP contribution is -2.37. The Bertz CT molecular complexity index is 581. The van der Waals surface area contributed by atoms with Gasteiger partial charge in [-0.3, -0.25) is 9.59 Å². The minimum Gasteiger partial charge on any atom is -0.494 e. The third-order valence-corrected chi connectivity index (χ3v) is 4.73. The van der Waals surface area contributed by atoms with E-state index in [4.69, 9.17) is 4.74 Å². The van der Waals surface area contributed by atoms with Gasteiger partial charge in [-0.2, -0.15) is 0 Å². The molecule has 0 aliphatic heterocycles. The summed E-state index contributed by atoms with van der Waals surface area (Å²) in [6, 6.07) is 7.50. The van der Waals surface area contributed by atoms with Crippen LogP contribution in [0.5, 0.6) is 5.75 Å². The van der Waals surface area contributed by atoms with Crippen LogP contribution in [0.4, 0.5) is 0 Å². The van der Waals surface area contributed by atoms with Crippen molar-refractivity contribution in [2.24, 2.45) is 5.92 Å². The Morgan fingerprint density at radius 2 is 1.77 bits per heavy atom. The molecule has 1 fully saturated rings. The van der Waals surface area contributed by atoms with Crippen LogP contribution in [0.15, 0.2) is 24.3 Å². The van der Waals surface area contributed by atoms with Crippen LogP contribution in [0, 0.1) is 5.92 Å². The Labute approximate surface area is 157 Å². The van der Waals surface area contributed by atoms with Gasteiger partial charge in [0.05, 0.1) is 6.61 Å². The third kappa shape index (κ3) is 6.79. The van der Waals surface area contributed by atoms with E-state index in [1.807, 2.05) is 29.2 Å². The molecule has 1 aliphatic rings. The average molecular weight is 360 g/mol. The predicted molar refractivity (Wildman–Crippen MR) is 104 cm³/mol. The van der Waals surface area contributed by atoms with Crippen LogP contribution < -0.4 is 4.74 Å². The topological polar surface area (TPSA) is 49.9 Å². The van der Waals surface area contributed by atoms with Crippen molar-refractivity contribution in [1.82, 2.24) is 9.80 Å². The number of ether oxygens (including phenoxy) is 1. The molecule has 1 aromatic carbocycles. The molecule has 0 bridgehead atoms. The van der Waals surface area contributed by atoms with Gasteiger partial charge < -0.3 is 14.5 Å². The van der Waals surface area contributed by atoms with Crippen LogP contribution in [-0.4, -0.2) is 61.3 Å². The zero-order chi connectivity index (χ0) is 18.9. The molecule has 2 rings (SSSR count). The minimum atomic E-state index is 0.146. The molecule has 0 spiro atoms. The van der Waals surface area contributed by atoms with Gasteiger partial charge in [0.2, 0.25) is 5.91 Å². The highest BCUT2D eigenvalue weighted by atomic mass is 16.5. The third-order valence-electron chi connectivity index (χ3n) is 4.73. The van der Waals surface area contributed by atoms with E-state index >= 15 is 0 Å². The molecule has 1 aliphatic carbocycles. The van der Waals surface area contributed by atoms with Crippen LogP contribution >= 0.6 is 0 Å². The summed E-state index contributed by atoms with van der Waals surface area (Å²) in [6.45, 7) is 7.76. The summed E-state index contributed by atoms with van der Waals surface area (Å²) in [4.78, 5) is 27.6. The lowest BCUT2D eigenvalue weighted by atomic mass is 10.1. The summed E-state index contributed by atoms with van der Waals surface area (Å²) >= 11 is 0. The SMILES string of the molecule is CCCN(CCN(C)CCCOc1ccc(C(=O)C2CC2)cc1)C(C)=O. The number of carbonyl (C=O) groups is 2. The van der Waals surface area contributed by atoms with Crippen molar-refractivity contribution in [2.45, 2.75) is 39.5 Å². The number of nitrogens with zero attached hydrogens (tertiary/aromatic N) is 2. The fourth-order valence-electron chi connectivity index (χ4n) is 2.92. The van der Waals surface area contributed by atoms with E-state index in [0.717, 1.165) is 63.2 Å². The maximum absolute atomic E-state index is 12.0. The van der Waals surface area contributed by atoms with Gasteiger partial charge in [-0.1, -0.05) is 6.92 Å². The summed E-state index contributed by atoms with van der Waals surface area (Å²) < 4.78 is 5.77. The molecule has 0 atom stereocenters. The van der Waals surface area contributed by atoms with E-state index in [0.29, 0.717) is 6.61 Å². The molecule has 1 saturated carbocycles. The number of hydrogen-bond acceptors (Lipinski definition) is 4. The highest BCUT2D eigenvalue weighted by Gasteiger charge is 2.30. The maximum Gasteiger partial charge on any atom is 0.219 e. The second-order valence-corrected chi connectivity index (χ2v) is 7.17. The van der Waals surface area contributed by atoms with Gasteiger partial charge >= 0.3 is 0 Å². The number of ketones is 1. The van der Waals surface area contributed by atoms with Gasteiger partial charge in [-0.25, -0.2) is 0 Å². The van der Waals surface area contributed by atoms with Crippen molar-refractivity contribution < 1.29 is 14.3 Å². The molecule has 0 aromatic heterocycles. The molecule has 0 heterocycles. The number of rotatable bonds is 12. The smallest absolute Gasteiger partial charge is 0.219 e. The zero-order valence-electron chi connectivity index (χ0n) is 16.4. The Kier molecular flexibility index (Phi) is 8.10. The molecule has 0 saturated heterocycles. The fraction of sp³-hybridized carbons (Fsp3) is 0.619. The van der Waals surface area contributed by atoms with Gasteiger partial charge in [0.1, 0.15) is 5.75 Å². The first kappa shape index (κ1) is 20.4. The quantitative estimate of drug-likeness (QED) is 0.424. The fourth-order valence-corrected chi connectivity index (χ4v) is 2.92. The van der Waals surface area contributed by atoms with Crippen molar-refractivity contribution >= 4 is 11.7 Å². The largest absolute Gasteiger partial charge is 0.494 e. The normalized spacial score (nSPS) is 13.7. The number of likely N-dealkylation sites (N-methyl/N-ethyl adjacent to an activating group) is 1. The lowest BCUT2D eigenvalue weighted by molar-refractivity contribution is -0.129. The van der Waals surface area contributed by atoms with Crippen LogP contribution in [0.3, 0.4) is 0 Å². The molecule has 144 valence electrons. The molecule has 0 radical (unpaired) electrons. The highest BCUT2D eigenvalue weighted by molar-refractivity contribution is 5.99. The van der Waals surface area contributed by atoms with Crippen molar-refractivity contribution in [3.8, 4) is 5.75 Å². The van der Waals surface area contributed by atoms with Crippen LogP contribution in [0.1, 0.15) is 49.9 Å². The van der Waals surface area contributed by atoms with E-state index in [-0.39, 0.29) is 17.6 Å². The molecular formula is C21H32N2O3. The summed E-state index contributed by atoms with van der Waals surface area (Å²) in [7, 11) is 2.07. The number of amides is 1. The van der Waals surface area contributed by atoms with E-state index < -0.39 is 0 Å². The number of Topliss-reactive ketones (excluding diaryl/α,β-unsaturated/α-hetero) is 1. The molecule has 5 heteroatoms. The lowest BCUT2D eigenvalue weighted by Gasteiger charge is -2.24. The number of hydrogen-bond donors (Lipinski definition) is 0. The van der Waals surface area contributed by atoms with Crippen molar-refractivity contribution in [3.05, 3.63) is 29.8 Å². The van der Waals surface area contributed by atoms with Crippen LogP contribution in [-0.2, 0) is 4.79 Å². The first-order valence-electron chi connectivity index (χ1n) is 9.72. The van der Waals surface area contributed by atoms with E-state index in [9.17, 15) is 9.59 Å². The van der Waals surface area contributed by atoms with Gasteiger partial charge in [0, 0.05) is 44.6 Å². The van der Waals surface area contributed by atoms with E-state index in [1.165, 1.54) is 0 Å². The maximum atomic E-state index is 12.0. The summed E-state index contributed by atoms with van der Waals surface area (Å²) in [5.41, 5.74) is 0.793. The Morgan fingerprint density at radius 1 is 1.08 bits per heavy atom. The molecule has 5 nitrogen and oxygen atoms in total. The van der Waals surface area contributed by atoms with E-state index in [2.05, 4.69) is 18.9 Å². The second kappa shape index (κ2) is 10.3. The van der Waals surface area contributed by atoms with E-state index in [1.54, 1.807) is 6.92 Å². The highest BCUT2D eigenvalue weighted by Crippen LogP contribution is 2.32. The first-order chi connectivity index (χ1) is 12.5. The van der Waals surface area contributed by atoms with Crippen molar-refractivity contribution in [2.75, 3.05) is 39.8 Å². The standard InChI is InChI=1S/C21H32N2O3/c1-4-12-23(17(2)24)15-14-22(3)13-5-16-26-20-10-8-19(9-11-20)21(25)18-6-7-18/h8-11,18H,4-7,12-16H2,1-3H3. The number of carbonyl (C=O) groups excluding carboxylic acids is 2. The summed E-state index contributed by atoms with van der Waals surface area (Å²) in [5, 5.41) is 0. The molecule has 1 amide bonds. The van der Waals surface area contributed by atoms with Gasteiger partial charge in [-0.05, 0) is 57.0 Å². The Hall–Kier alpha value is -1.88. The van der Waals surface area contributed by atoms with Gasteiger partial charge in [0.25, 0.3) is 0 Å². The molecular weight excluding hydrogens is 328 g/mol. The Balaban J connectivity index is 1.61. The zero-order valence-corrected chi connectivity index (χ0v) is 16.4. The molecule has 26 heavy (non-hydrogen) atoms. The van der Waals surface area contributed by atoms with Crippen molar-refractivity contribution in [1.29, 1.82) is 0 Å². The molecule has 0 unspecified atom stereocenters. The van der Waals surface area contributed by atoms with Gasteiger partial charge in [-0.15, -0.1) is 0 Å². The molecule has 1 aromatic rings. The minimum absolute atomic E-state index is 0.146. The number of benzene rings is 1. The second-order valence-electron chi connectivity index (χ2n) is 7.17. The predicted octanol–water partition coefficient (Wildman–Crippen LogP) is 3.24. The van der Waals surface area contributed by atoms with Gasteiger partial charge in [0.15, 0.2) is 5.78 Å². The summed E-state index contributed by atoms with van der Waals surface area (Å²) in [5.74, 6) is 1.48. The molecule has 0 N–H and O–H groups in total. The van der Waals surface area contributed by atoms with Crippen LogP contribution in [0.2, 0.25) is 0 Å². The first-order valence-corrected chi connectivity index (χ1v) is 9.72.